The van der Waals surface area contributed by atoms with Crippen molar-refractivity contribution in [2.45, 2.75) is 56.9 Å². The van der Waals surface area contributed by atoms with Crippen molar-refractivity contribution < 1.29 is 9.59 Å². The maximum atomic E-state index is 13.1. The quantitative estimate of drug-likeness (QED) is 0.863. The molecule has 1 aromatic carbocycles. The Labute approximate surface area is 171 Å². The zero-order valence-electron chi connectivity index (χ0n) is 16.7. The molecule has 4 rings (SSSR count). The minimum atomic E-state index is -0.300. The largest absolute Gasteiger partial charge is 0.347 e. The predicted octanol–water partition coefficient (Wildman–Crippen LogP) is 3.56. The van der Waals surface area contributed by atoms with Gasteiger partial charge in [-0.25, -0.2) is 9.97 Å². The highest BCUT2D eigenvalue weighted by molar-refractivity contribution is 6.04. The number of piperidine rings is 1. The molecule has 1 saturated heterocycles. The molecule has 0 spiro atoms. The number of likely N-dealkylation sites (tertiary alicyclic amines) is 1. The molecule has 152 valence electrons. The number of amides is 2. The van der Waals surface area contributed by atoms with Gasteiger partial charge in [0.15, 0.2) is 11.4 Å². The molecule has 1 saturated carbocycles. The number of carbonyl (C=O) groups excluding carboxylic acids is 2. The highest BCUT2D eigenvalue weighted by Gasteiger charge is 2.31. The van der Waals surface area contributed by atoms with E-state index in [1.54, 1.807) is 4.90 Å². The summed E-state index contributed by atoms with van der Waals surface area (Å²) >= 11 is 0. The van der Waals surface area contributed by atoms with Crippen LogP contribution in [-0.2, 0) is 0 Å². The van der Waals surface area contributed by atoms with Crippen molar-refractivity contribution in [3.8, 4) is 0 Å². The molecule has 0 radical (unpaired) electrons. The topological polar surface area (TPSA) is 75.2 Å². The van der Waals surface area contributed by atoms with Crippen molar-refractivity contribution in [3.05, 3.63) is 59.7 Å². The van der Waals surface area contributed by atoms with Gasteiger partial charge in [-0.15, -0.1) is 0 Å². The van der Waals surface area contributed by atoms with Crippen LogP contribution in [0.15, 0.2) is 42.7 Å². The highest BCUT2D eigenvalue weighted by atomic mass is 16.2. The first-order valence-electron chi connectivity index (χ1n) is 10.7. The van der Waals surface area contributed by atoms with Crippen molar-refractivity contribution >= 4 is 11.8 Å². The lowest BCUT2D eigenvalue weighted by atomic mass is 9.80. The van der Waals surface area contributed by atoms with Crippen molar-refractivity contribution in [1.29, 1.82) is 0 Å². The van der Waals surface area contributed by atoms with Gasteiger partial charge in [-0.2, -0.15) is 0 Å². The zero-order valence-corrected chi connectivity index (χ0v) is 16.7. The lowest BCUT2D eigenvalue weighted by Gasteiger charge is -2.32. The average Bonchev–Trinajstić information content (AvgIpc) is 2.80. The fraction of sp³-hybridized carbons (Fsp3) is 0.478. The van der Waals surface area contributed by atoms with Crippen LogP contribution in [0.3, 0.4) is 0 Å². The van der Waals surface area contributed by atoms with Crippen LogP contribution < -0.4 is 5.32 Å². The number of nitrogens with one attached hydrogen (secondary N) is 1. The Balaban J connectivity index is 1.53. The van der Waals surface area contributed by atoms with Crippen LogP contribution in [0.5, 0.6) is 0 Å². The summed E-state index contributed by atoms with van der Waals surface area (Å²) in [7, 11) is 0. The lowest BCUT2D eigenvalue weighted by molar-refractivity contribution is 0.0710. The van der Waals surface area contributed by atoms with Crippen molar-refractivity contribution in [2.24, 2.45) is 0 Å². The van der Waals surface area contributed by atoms with Crippen LogP contribution in [-0.4, -0.2) is 45.8 Å². The van der Waals surface area contributed by atoms with Gasteiger partial charge in [0.05, 0.1) is 0 Å². The Morgan fingerprint density at radius 3 is 2.31 bits per heavy atom. The normalized spacial score (nSPS) is 22.1. The van der Waals surface area contributed by atoms with Gasteiger partial charge < -0.3 is 10.2 Å². The maximum Gasteiger partial charge on any atom is 0.274 e. The molecule has 6 heteroatoms. The van der Waals surface area contributed by atoms with E-state index in [4.69, 9.17) is 0 Å². The molecule has 2 aromatic rings. The van der Waals surface area contributed by atoms with E-state index in [1.807, 2.05) is 18.2 Å². The summed E-state index contributed by atoms with van der Waals surface area (Å²) in [5.41, 5.74) is 1.56. The second-order valence-corrected chi connectivity index (χ2v) is 7.99. The van der Waals surface area contributed by atoms with Crippen LogP contribution in [0.2, 0.25) is 0 Å². The van der Waals surface area contributed by atoms with Crippen molar-refractivity contribution in [3.63, 3.8) is 0 Å². The summed E-state index contributed by atoms with van der Waals surface area (Å²) in [6.07, 6.45) is 10.3. The van der Waals surface area contributed by atoms with Crippen LogP contribution in [0, 0.1) is 0 Å². The van der Waals surface area contributed by atoms with E-state index in [1.165, 1.54) is 18.0 Å². The van der Waals surface area contributed by atoms with E-state index in [0.717, 1.165) is 58.0 Å². The number of carbonyl (C=O) groups is 2. The summed E-state index contributed by atoms with van der Waals surface area (Å²) in [6, 6.07) is 10.4. The van der Waals surface area contributed by atoms with Crippen LogP contribution >= 0.6 is 0 Å². The van der Waals surface area contributed by atoms with E-state index in [0.29, 0.717) is 0 Å². The molecule has 2 amide bonds. The third-order valence-electron chi connectivity index (χ3n) is 6.07. The molecule has 1 aliphatic carbocycles. The minimum Gasteiger partial charge on any atom is -0.347 e. The first kappa shape index (κ1) is 19.6. The van der Waals surface area contributed by atoms with Gasteiger partial charge >= 0.3 is 0 Å². The Morgan fingerprint density at radius 1 is 0.862 bits per heavy atom. The first-order chi connectivity index (χ1) is 14.2. The molecule has 0 bridgehead atoms. The summed E-state index contributed by atoms with van der Waals surface area (Å²) in [5, 5.41) is 3.17. The molecule has 2 fully saturated rings. The molecule has 6 nitrogen and oxygen atoms in total. The third-order valence-corrected chi connectivity index (χ3v) is 6.07. The fourth-order valence-electron chi connectivity index (χ4n) is 4.55. The molecule has 0 unspecified atom stereocenters. The van der Waals surface area contributed by atoms with Gasteiger partial charge in [0.1, 0.15) is 0 Å². The van der Waals surface area contributed by atoms with E-state index in [-0.39, 0.29) is 35.2 Å². The monoisotopic (exact) mass is 392 g/mol. The van der Waals surface area contributed by atoms with E-state index >= 15 is 0 Å². The molecular formula is C23H28N4O2. The van der Waals surface area contributed by atoms with E-state index in [9.17, 15) is 9.59 Å². The SMILES string of the molecule is O=C(N[C@@H]1CCCC[C@H]1c1ccccc1)c1nccnc1C(=O)N1CCCCC1. The van der Waals surface area contributed by atoms with Gasteiger partial charge in [-0.1, -0.05) is 43.2 Å². The molecule has 1 aliphatic heterocycles. The van der Waals surface area contributed by atoms with Gasteiger partial charge in [0, 0.05) is 37.4 Å². The maximum absolute atomic E-state index is 13.1. The minimum absolute atomic E-state index is 0.0404. The number of rotatable bonds is 4. The van der Waals surface area contributed by atoms with Gasteiger partial charge in [-0.05, 0) is 37.7 Å². The van der Waals surface area contributed by atoms with E-state index < -0.39 is 0 Å². The fourth-order valence-corrected chi connectivity index (χ4v) is 4.55. The van der Waals surface area contributed by atoms with E-state index in [2.05, 4.69) is 27.4 Å². The Bertz CT molecular complexity index is 849. The highest BCUT2D eigenvalue weighted by Crippen LogP contribution is 2.33. The standard InChI is InChI=1S/C23H28N4O2/c28-22(26-19-12-6-5-11-18(19)17-9-3-1-4-10-17)20-21(25-14-13-24-20)23(29)27-15-7-2-8-16-27/h1,3-4,9-10,13-14,18-19H,2,5-8,11-12,15-16H2,(H,26,28)/t18-,19+/m0/s1. The number of benzene rings is 1. The van der Waals surface area contributed by atoms with Crippen molar-refractivity contribution in [2.75, 3.05) is 13.1 Å². The third kappa shape index (κ3) is 4.47. The lowest BCUT2D eigenvalue weighted by Crippen LogP contribution is -2.43. The predicted molar refractivity (Wildman–Crippen MR) is 111 cm³/mol. The Hall–Kier alpha value is -2.76. The Morgan fingerprint density at radius 2 is 1.55 bits per heavy atom. The van der Waals surface area contributed by atoms with Gasteiger partial charge in [0.25, 0.3) is 11.8 Å². The summed E-state index contributed by atoms with van der Waals surface area (Å²) < 4.78 is 0. The Kier molecular flexibility index (Phi) is 6.17. The summed E-state index contributed by atoms with van der Waals surface area (Å²) in [4.78, 5) is 36.3. The summed E-state index contributed by atoms with van der Waals surface area (Å²) in [5.74, 6) is -0.204. The molecule has 2 heterocycles. The molecule has 2 atom stereocenters. The first-order valence-corrected chi connectivity index (χ1v) is 10.7. The second kappa shape index (κ2) is 9.16. The molecule has 2 aliphatic rings. The average molecular weight is 393 g/mol. The summed E-state index contributed by atoms with van der Waals surface area (Å²) in [6.45, 7) is 1.43. The second-order valence-electron chi connectivity index (χ2n) is 7.99. The van der Waals surface area contributed by atoms with Crippen LogP contribution in [0.4, 0.5) is 0 Å². The molecular weight excluding hydrogens is 364 g/mol. The number of hydrogen-bond donors (Lipinski definition) is 1. The molecule has 1 aromatic heterocycles. The molecule has 1 N–H and O–H groups in total. The van der Waals surface area contributed by atoms with Crippen LogP contribution in [0.1, 0.15) is 77.4 Å². The van der Waals surface area contributed by atoms with Gasteiger partial charge in [-0.3, -0.25) is 9.59 Å². The van der Waals surface area contributed by atoms with Crippen molar-refractivity contribution in [1.82, 2.24) is 20.2 Å². The zero-order chi connectivity index (χ0) is 20.1. The van der Waals surface area contributed by atoms with Gasteiger partial charge in [0.2, 0.25) is 0 Å². The van der Waals surface area contributed by atoms with Crippen LogP contribution in [0.25, 0.3) is 0 Å². The molecule has 29 heavy (non-hydrogen) atoms. The number of aromatic nitrogens is 2. The number of nitrogens with zero attached hydrogens (tertiary/aromatic N) is 3. The smallest absolute Gasteiger partial charge is 0.274 e. The number of hydrogen-bond acceptors (Lipinski definition) is 4.